The molecule has 0 aliphatic carbocycles. The van der Waals surface area contributed by atoms with Crippen LogP contribution in [0.4, 0.5) is 5.69 Å². The molecule has 1 N–H and O–H groups in total. The number of aliphatic hydroxyl groups is 1. The highest BCUT2D eigenvalue weighted by atomic mass is 35.5. The lowest BCUT2D eigenvalue weighted by atomic mass is 10.0. The Hall–Kier alpha value is -2.99. The Morgan fingerprint density at radius 3 is 2.28 bits per heavy atom. The Labute approximate surface area is 222 Å². The average Bonchev–Trinajstić information content (AvgIpc) is 3.27. The second-order valence-corrected chi connectivity index (χ2v) is 10.0. The number of aryl methyl sites for hydroxylation is 1. The molecule has 4 aromatic rings. The van der Waals surface area contributed by atoms with Gasteiger partial charge in [-0.2, -0.15) is 0 Å². The largest absolute Gasteiger partial charge is 0.489 e. The van der Waals surface area contributed by atoms with Crippen molar-refractivity contribution in [2.24, 2.45) is 0 Å². The van der Waals surface area contributed by atoms with E-state index < -0.39 is 0 Å². The van der Waals surface area contributed by atoms with Gasteiger partial charge in [-0.1, -0.05) is 72.5 Å². The van der Waals surface area contributed by atoms with Crippen LogP contribution in [-0.2, 0) is 19.8 Å². The van der Waals surface area contributed by atoms with Gasteiger partial charge in [-0.25, -0.2) is 0 Å². The molecular weight excluding hydrogens is 495 g/mol. The molecule has 0 radical (unpaired) electrons. The highest BCUT2D eigenvalue weighted by molar-refractivity contribution is 6.39. The number of rotatable bonds is 9. The minimum Gasteiger partial charge on any atom is -0.489 e. The van der Waals surface area contributed by atoms with E-state index in [-0.39, 0.29) is 19.1 Å². The molecule has 0 bridgehead atoms. The first-order valence-electron chi connectivity index (χ1n) is 11.8. The minimum absolute atomic E-state index is 0.0527. The molecule has 3 aromatic carbocycles. The van der Waals surface area contributed by atoms with Crippen LogP contribution < -0.4 is 9.64 Å². The fourth-order valence-electron chi connectivity index (χ4n) is 4.25. The maximum Gasteiger partial charge on any atom is 0.146 e. The smallest absolute Gasteiger partial charge is 0.146 e. The fourth-order valence-corrected chi connectivity index (χ4v) is 4.82. The second-order valence-electron chi connectivity index (χ2n) is 9.19. The standard InChI is InChI=1S/C29H30Cl2N2O3/c1-18(2)29-23(28(32-36-29)27-24(30)6-5-7-25(27)31)17-35-22-12-13-26(19(3)14-22)33(4)15-20-8-10-21(16-34)11-9-20/h5-14,18,34H,15-17H2,1-4H3. The molecule has 0 fully saturated rings. The van der Waals surface area contributed by atoms with Crippen molar-refractivity contribution in [3.05, 3.63) is 98.7 Å². The van der Waals surface area contributed by atoms with Crippen LogP contribution in [0.25, 0.3) is 11.3 Å². The molecular formula is C29H30Cl2N2O3. The van der Waals surface area contributed by atoms with Crippen molar-refractivity contribution >= 4 is 28.9 Å². The van der Waals surface area contributed by atoms with Gasteiger partial charge in [0.05, 0.1) is 22.2 Å². The lowest BCUT2D eigenvalue weighted by Crippen LogP contribution is -2.17. The topological polar surface area (TPSA) is 58.7 Å². The normalized spacial score (nSPS) is 11.2. The number of ether oxygens (including phenoxy) is 1. The highest BCUT2D eigenvalue weighted by Gasteiger charge is 2.24. The number of nitrogens with zero attached hydrogens (tertiary/aromatic N) is 2. The van der Waals surface area contributed by atoms with Gasteiger partial charge in [-0.05, 0) is 53.9 Å². The van der Waals surface area contributed by atoms with Gasteiger partial charge < -0.3 is 19.3 Å². The van der Waals surface area contributed by atoms with Crippen LogP contribution in [0.1, 0.15) is 47.8 Å². The van der Waals surface area contributed by atoms with E-state index in [1.807, 2.05) is 50.2 Å². The summed E-state index contributed by atoms with van der Waals surface area (Å²) in [5.74, 6) is 1.63. The Balaban J connectivity index is 1.53. The summed E-state index contributed by atoms with van der Waals surface area (Å²) in [5.41, 5.74) is 6.40. The summed E-state index contributed by atoms with van der Waals surface area (Å²) in [7, 11) is 2.06. The minimum atomic E-state index is 0.0527. The van der Waals surface area contributed by atoms with Crippen molar-refractivity contribution in [3.63, 3.8) is 0 Å². The first kappa shape index (κ1) is 26.1. The predicted molar refractivity (Wildman–Crippen MR) is 146 cm³/mol. The number of hydrogen-bond acceptors (Lipinski definition) is 5. The van der Waals surface area contributed by atoms with E-state index in [1.54, 1.807) is 18.2 Å². The summed E-state index contributed by atoms with van der Waals surface area (Å²) < 4.78 is 11.9. The molecule has 0 atom stereocenters. The molecule has 36 heavy (non-hydrogen) atoms. The van der Waals surface area contributed by atoms with E-state index in [9.17, 15) is 5.11 Å². The quantitative estimate of drug-likeness (QED) is 0.242. The fraction of sp³-hybridized carbons (Fsp3) is 0.276. The Bertz CT molecular complexity index is 1310. The number of hydrogen-bond donors (Lipinski definition) is 1. The van der Waals surface area contributed by atoms with Gasteiger partial charge in [-0.15, -0.1) is 0 Å². The van der Waals surface area contributed by atoms with Gasteiger partial charge in [0.15, 0.2) is 0 Å². The molecule has 188 valence electrons. The van der Waals surface area contributed by atoms with Crippen molar-refractivity contribution in [3.8, 4) is 17.0 Å². The van der Waals surface area contributed by atoms with Crippen LogP contribution in [-0.4, -0.2) is 17.3 Å². The van der Waals surface area contributed by atoms with E-state index >= 15 is 0 Å². The lowest BCUT2D eigenvalue weighted by molar-refractivity contribution is 0.282. The van der Waals surface area contributed by atoms with Crippen LogP contribution in [0.2, 0.25) is 10.0 Å². The van der Waals surface area contributed by atoms with E-state index in [2.05, 4.69) is 30.1 Å². The van der Waals surface area contributed by atoms with Crippen molar-refractivity contribution < 1.29 is 14.4 Å². The third-order valence-corrected chi connectivity index (χ3v) is 6.76. The molecule has 0 unspecified atom stereocenters. The summed E-state index contributed by atoms with van der Waals surface area (Å²) in [6.07, 6.45) is 0. The molecule has 5 nitrogen and oxygen atoms in total. The highest BCUT2D eigenvalue weighted by Crippen LogP contribution is 2.39. The Kier molecular flexibility index (Phi) is 8.24. The summed E-state index contributed by atoms with van der Waals surface area (Å²) in [4.78, 5) is 2.20. The molecule has 1 aromatic heterocycles. The Morgan fingerprint density at radius 2 is 1.67 bits per heavy atom. The zero-order valence-electron chi connectivity index (χ0n) is 20.9. The van der Waals surface area contributed by atoms with E-state index in [4.69, 9.17) is 32.5 Å². The van der Waals surface area contributed by atoms with Crippen molar-refractivity contribution in [2.75, 3.05) is 11.9 Å². The third-order valence-electron chi connectivity index (χ3n) is 6.13. The number of aromatic nitrogens is 1. The molecule has 0 amide bonds. The monoisotopic (exact) mass is 524 g/mol. The van der Waals surface area contributed by atoms with Crippen LogP contribution >= 0.6 is 23.2 Å². The maximum atomic E-state index is 9.25. The number of halogens is 2. The first-order valence-corrected chi connectivity index (χ1v) is 12.6. The number of benzene rings is 3. The summed E-state index contributed by atoms with van der Waals surface area (Å²) in [6.45, 7) is 7.26. The summed E-state index contributed by atoms with van der Waals surface area (Å²) in [6, 6.07) is 19.4. The zero-order valence-corrected chi connectivity index (χ0v) is 22.4. The van der Waals surface area contributed by atoms with E-state index in [1.165, 1.54) is 5.56 Å². The molecule has 0 aliphatic heterocycles. The molecule has 4 rings (SSSR count). The molecule has 1 heterocycles. The van der Waals surface area contributed by atoms with Crippen molar-refractivity contribution in [1.29, 1.82) is 0 Å². The van der Waals surface area contributed by atoms with Crippen molar-refractivity contribution in [1.82, 2.24) is 5.16 Å². The van der Waals surface area contributed by atoms with Gasteiger partial charge in [-0.3, -0.25) is 0 Å². The van der Waals surface area contributed by atoms with Crippen molar-refractivity contribution in [2.45, 2.75) is 46.4 Å². The average molecular weight is 525 g/mol. The van der Waals surface area contributed by atoms with Gasteiger partial charge in [0.2, 0.25) is 0 Å². The number of anilines is 1. The third kappa shape index (κ3) is 5.70. The first-order chi connectivity index (χ1) is 17.3. The molecule has 7 heteroatoms. The van der Waals surface area contributed by atoms with Crippen LogP contribution in [0.3, 0.4) is 0 Å². The SMILES string of the molecule is Cc1cc(OCc2c(-c3c(Cl)cccc3Cl)noc2C(C)C)ccc1N(C)Cc1ccc(CO)cc1. The van der Waals surface area contributed by atoms with Gasteiger partial charge >= 0.3 is 0 Å². The second kappa shape index (κ2) is 11.4. The summed E-state index contributed by atoms with van der Waals surface area (Å²) in [5, 5.41) is 14.6. The van der Waals surface area contributed by atoms with Crippen LogP contribution in [0.5, 0.6) is 5.75 Å². The van der Waals surface area contributed by atoms with Gasteiger partial charge in [0, 0.05) is 30.8 Å². The molecule has 0 aliphatic rings. The predicted octanol–water partition coefficient (Wildman–Crippen LogP) is 7.79. The molecule has 0 spiro atoms. The van der Waals surface area contributed by atoms with Gasteiger partial charge in [0.25, 0.3) is 0 Å². The molecule has 0 saturated carbocycles. The van der Waals surface area contributed by atoms with E-state index in [0.717, 1.165) is 40.4 Å². The Morgan fingerprint density at radius 1 is 1.00 bits per heavy atom. The van der Waals surface area contributed by atoms with Gasteiger partial charge in [0.1, 0.15) is 23.8 Å². The molecule has 0 saturated heterocycles. The maximum absolute atomic E-state index is 9.25. The van der Waals surface area contributed by atoms with Crippen LogP contribution in [0, 0.1) is 6.92 Å². The van der Waals surface area contributed by atoms with Crippen LogP contribution in [0.15, 0.2) is 65.2 Å². The van der Waals surface area contributed by atoms with E-state index in [0.29, 0.717) is 21.3 Å². The number of aliphatic hydroxyl groups excluding tert-OH is 1. The zero-order chi connectivity index (χ0) is 25.8. The lowest BCUT2D eigenvalue weighted by Gasteiger charge is -2.22. The summed E-state index contributed by atoms with van der Waals surface area (Å²) >= 11 is 12.9.